The van der Waals surface area contributed by atoms with Crippen molar-refractivity contribution in [2.75, 3.05) is 0 Å². The fraction of sp³-hybridized carbons (Fsp3) is 0.333. The van der Waals surface area contributed by atoms with Crippen LogP contribution in [0.25, 0.3) is 0 Å². The molecule has 3 rings (SSSR count). The third-order valence-corrected chi connectivity index (χ3v) is 4.61. The third kappa shape index (κ3) is 2.40. The van der Waals surface area contributed by atoms with E-state index in [1.807, 2.05) is 26.8 Å². The van der Waals surface area contributed by atoms with Gasteiger partial charge in [0.2, 0.25) is 0 Å². The Morgan fingerprint density at radius 2 is 2.19 bits per heavy atom. The van der Waals surface area contributed by atoms with Crippen molar-refractivity contribution in [3.05, 3.63) is 45.7 Å². The number of phenolic OH excluding ortho intramolecular Hbond substituents is 1. The highest BCUT2D eigenvalue weighted by Crippen LogP contribution is 2.44. The van der Waals surface area contributed by atoms with E-state index in [0.29, 0.717) is 11.4 Å². The molecule has 0 unspecified atom stereocenters. The Labute approximate surface area is 126 Å². The lowest BCUT2D eigenvalue weighted by Gasteiger charge is -2.21. The molecule has 0 saturated heterocycles. The second-order valence-electron chi connectivity index (χ2n) is 5.37. The number of nitrogens with one attached hydrogen (secondary N) is 1. The Bertz CT molecular complexity index is 773. The zero-order valence-electron chi connectivity index (χ0n) is 12.1. The van der Waals surface area contributed by atoms with Gasteiger partial charge in [0.05, 0.1) is 15.9 Å². The molecule has 0 fully saturated rings. The molecule has 0 amide bonds. The van der Waals surface area contributed by atoms with Gasteiger partial charge in [0.25, 0.3) is 5.56 Å². The van der Waals surface area contributed by atoms with Gasteiger partial charge in [0, 0.05) is 6.04 Å². The van der Waals surface area contributed by atoms with Crippen molar-refractivity contribution in [1.82, 2.24) is 9.78 Å². The molecular formula is C15H17N3O2S. The molecular weight excluding hydrogens is 286 g/mol. The Hall–Kier alpha value is -1.95. The lowest BCUT2D eigenvalue weighted by atomic mass is 10.1. The van der Waals surface area contributed by atoms with Gasteiger partial charge < -0.3 is 5.11 Å². The van der Waals surface area contributed by atoms with Crippen LogP contribution >= 0.6 is 11.8 Å². The second kappa shape index (κ2) is 5.11. The third-order valence-electron chi connectivity index (χ3n) is 3.44. The zero-order chi connectivity index (χ0) is 15.1. The number of fused-ring (bicyclic) bond motifs is 1. The van der Waals surface area contributed by atoms with Crippen LogP contribution in [0.5, 0.6) is 5.75 Å². The second-order valence-corrected chi connectivity index (χ2v) is 6.66. The number of nitrogens with zero attached hydrogens (tertiary/aromatic N) is 2. The number of hydrogen-bond donors (Lipinski definition) is 2. The number of H-pyrrole nitrogens is 1. The normalized spacial score (nSPS) is 17.7. The number of rotatable bonds is 2. The molecule has 1 aromatic heterocycles. The molecule has 1 atom stereocenters. The average molecular weight is 303 g/mol. The van der Waals surface area contributed by atoms with Gasteiger partial charge in [-0.05, 0) is 38.5 Å². The summed E-state index contributed by atoms with van der Waals surface area (Å²) in [5.41, 5.74) is 1.45. The number of aromatic hydroxyl groups is 1. The van der Waals surface area contributed by atoms with Crippen LogP contribution in [0.15, 0.2) is 34.1 Å². The topological polar surface area (TPSA) is 70.4 Å². The van der Waals surface area contributed by atoms with E-state index in [-0.39, 0.29) is 22.6 Å². The first-order valence-corrected chi connectivity index (χ1v) is 7.70. The van der Waals surface area contributed by atoms with E-state index in [9.17, 15) is 9.90 Å². The van der Waals surface area contributed by atoms with E-state index in [4.69, 9.17) is 0 Å². The maximum atomic E-state index is 12.3. The summed E-state index contributed by atoms with van der Waals surface area (Å²) in [7, 11) is 0. The molecule has 0 bridgehead atoms. The largest absolute Gasteiger partial charge is 0.508 e. The van der Waals surface area contributed by atoms with Crippen molar-refractivity contribution in [1.29, 1.82) is 0 Å². The smallest absolute Gasteiger partial charge is 0.271 e. The van der Waals surface area contributed by atoms with E-state index in [1.165, 1.54) is 11.8 Å². The Kier molecular flexibility index (Phi) is 3.41. The van der Waals surface area contributed by atoms with Crippen LogP contribution in [-0.4, -0.2) is 19.9 Å². The number of phenols is 1. The lowest BCUT2D eigenvalue weighted by Crippen LogP contribution is -2.13. The van der Waals surface area contributed by atoms with Gasteiger partial charge in [-0.15, -0.1) is 0 Å². The molecule has 0 aliphatic carbocycles. The molecule has 1 aliphatic heterocycles. The molecule has 0 radical (unpaired) electrons. The number of aliphatic imine (C=N–C) groups is 1. The Morgan fingerprint density at radius 3 is 2.86 bits per heavy atom. The summed E-state index contributed by atoms with van der Waals surface area (Å²) >= 11 is 1.54. The van der Waals surface area contributed by atoms with Gasteiger partial charge in [-0.25, -0.2) is 4.99 Å². The van der Waals surface area contributed by atoms with Gasteiger partial charge in [0.1, 0.15) is 5.75 Å². The fourth-order valence-corrected chi connectivity index (χ4v) is 3.60. The molecule has 0 spiro atoms. The summed E-state index contributed by atoms with van der Waals surface area (Å²) in [6.07, 6.45) is 0. The lowest BCUT2D eigenvalue weighted by molar-refractivity contribution is 0.474. The molecule has 0 saturated carbocycles. The average Bonchev–Trinajstić information content (AvgIpc) is 2.75. The van der Waals surface area contributed by atoms with Crippen LogP contribution in [0.4, 0.5) is 5.82 Å². The monoisotopic (exact) mass is 303 g/mol. The molecule has 2 aromatic rings. The van der Waals surface area contributed by atoms with Crippen LogP contribution < -0.4 is 5.56 Å². The summed E-state index contributed by atoms with van der Waals surface area (Å²) in [6, 6.07) is 7.17. The number of benzene rings is 1. The van der Waals surface area contributed by atoms with Crippen LogP contribution in [0.3, 0.4) is 0 Å². The van der Waals surface area contributed by atoms with Crippen molar-refractivity contribution >= 4 is 22.6 Å². The van der Waals surface area contributed by atoms with Gasteiger partial charge >= 0.3 is 0 Å². The minimum atomic E-state index is -0.145. The van der Waals surface area contributed by atoms with Crippen molar-refractivity contribution in [3.8, 4) is 5.75 Å². The molecule has 6 heteroatoms. The highest BCUT2D eigenvalue weighted by atomic mass is 32.2. The Balaban J connectivity index is 2.20. The van der Waals surface area contributed by atoms with Gasteiger partial charge in [-0.3, -0.25) is 14.6 Å². The first-order valence-electron chi connectivity index (χ1n) is 6.82. The standard InChI is InChI=1S/C15H17N3O2S/c1-8(2)18-14-12(15(20)17-18)13(21-9(3)16-14)10-5-4-6-11(19)7-10/h4-8,13,19H,1-3H3,(H,17,20)/t13-/m1/s1. The molecule has 110 valence electrons. The van der Waals surface area contributed by atoms with E-state index in [0.717, 1.165) is 10.6 Å². The van der Waals surface area contributed by atoms with Crippen LogP contribution in [0.2, 0.25) is 0 Å². The van der Waals surface area contributed by atoms with Crippen LogP contribution in [0, 0.1) is 0 Å². The van der Waals surface area contributed by atoms with Gasteiger partial charge in [0.15, 0.2) is 5.82 Å². The predicted octanol–water partition coefficient (Wildman–Crippen LogP) is 3.35. The molecule has 2 heterocycles. The fourth-order valence-electron chi connectivity index (χ4n) is 2.51. The number of thioether (sulfide) groups is 1. The maximum Gasteiger partial charge on any atom is 0.271 e. The van der Waals surface area contributed by atoms with Crippen molar-refractivity contribution in [2.45, 2.75) is 32.1 Å². The van der Waals surface area contributed by atoms with Gasteiger partial charge in [-0.1, -0.05) is 23.9 Å². The van der Waals surface area contributed by atoms with E-state index < -0.39 is 0 Å². The highest BCUT2D eigenvalue weighted by molar-refractivity contribution is 8.14. The minimum Gasteiger partial charge on any atom is -0.508 e. The molecule has 1 aliphatic rings. The van der Waals surface area contributed by atoms with Crippen molar-refractivity contribution < 1.29 is 5.11 Å². The molecule has 2 N–H and O–H groups in total. The number of aromatic amines is 1. The SMILES string of the molecule is CC1=Nc2c(c(=O)[nH]n2C(C)C)[C@@H](c2cccc(O)c2)S1. The summed E-state index contributed by atoms with van der Waals surface area (Å²) in [5, 5.41) is 13.3. The highest BCUT2D eigenvalue weighted by Gasteiger charge is 2.30. The van der Waals surface area contributed by atoms with Crippen LogP contribution in [-0.2, 0) is 0 Å². The number of aromatic nitrogens is 2. The summed E-state index contributed by atoms with van der Waals surface area (Å²) in [4.78, 5) is 16.9. The first-order chi connectivity index (χ1) is 9.97. The molecule has 1 aromatic carbocycles. The minimum absolute atomic E-state index is 0.115. The first kappa shape index (κ1) is 14.0. The van der Waals surface area contributed by atoms with Gasteiger partial charge in [-0.2, -0.15) is 0 Å². The van der Waals surface area contributed by atoms with Crippen molar-refractivity contribution in [3.63, 3.8) is 0 Å². The van der Waals surface area contributed by atoms with E-state index in [1.54, 1.807) is 22.9 Å². The summed E-state index contributed by atoms with van der Waals surface area (Å²) in [6.45, 7) is 5.95. The van der Waals surface area contributed by atoms with E-state index >= 15 is 0 Å². The molecule has 21 heavy (non-hydrogen) atoms. The number of hydrogen-bond acceptors (Lipinski definition) is 4. The zero-order valence-corrected chi connectivity index (χ0v) is 12.9. The quantitative estimate of drug-likeness (QED) is 0.893. The Morgan fingerprint density at radius 1 is 1.43 bits per heavy atom. The van der Waals surface area contributed by atoms with Crippen molar-refractivity contribution in [2.24, 2.45) is 4.99 Å². The van der Waals surface area contributed by atoms with Crippen LogP contribution in [0.1, 0.15) is 43.2 Å². The predicted molar refractivity (Wildman–Crippen MR) is 85.7 cm³/mol. The summed E-state index contributed by atoms with van der Waals surface area (Å²) < 4.78 is 1.80. The maximum absolute atomic E-state index is 12.3. The summed E-state index contributed by atoms with van der Waals surface area (Å²) in [5.74, 6) is 0.897. The molecule has 5 nitrogen and oxygen atoms in total. The van der Waals surface area contributed by atoms with E-state index in [2.05, 4.69) is 10.1 Å².